The van der Waals surface area contributed by atoms with E-state index in [4.69, 9.17) is 9.40 Å². The molecule has 3 aromatic heterocycles. The van der Waals surface area contributed by atoms with E-state index in [1.54, 1.807) is 24.4 Å². The molecule has 0 atom stereocenters. The number of carboxylic acid groups (broad SMARTS) is 1. The molecule has 32 heavy (non-hydrogen) atoms. The van der Waals surface area contributed by atoms with Crippen molar-refractivity contribution in [3.05, 3.63) is 83.8 Å². The van der Waals surface area contributed by atoms with Crippen LogP contribution in [0.15, 0.2) is 71.3 Å². The maximum atomic E-state index is 11.6. The lowest BCUT2D eigenvalue weighted by Gasteiger charge is -2.09. The summed E-state index contributed by atoms with van der Waals surface area (Å²) in [6.07, 6.45) is 4.90. The van der Waals surface area contributed by atoms with Crippen LogP contribution in [0.3, 0.4) is 0 Å². The van der Waals surface area contributed by atoms with Gasteiger partial charge in [-0.2, -0.15) is 0 Å². The number of aromatic nitrogens is 3. The Kier molecular flexibility index (Phi) is 5.19. The fourth-order valence-electron chi connectivity index (χ4n) is 4.09. The summed E-state index contributed by atoms with van der Waals surface area (Å²) >= 11 is 0. The average molecular weight is 425 g/mol. The van der Waals surface area contributed by atoms with Gasteiger partial charge in [-0.1, -0.05) is 37.6 Å². The van der Waals surface area contributed by atoms with Gasteiger partial charge in [0.05, 0.1) is 12.1 Å². The zero-order valence-corrected chi connectivity index (χ0v) is 17.8. The van der Waals surface area contributed by atoms with E-state index in [1.807, 2.05) is 36.4 Å². The highest BCUT2D eigenvalue weighted by Crippen LogP contribution is 2.31. The first-order chi connectivity index (χ1) is 15.6. The van der Waals surface area contributed by atoms with E-state index in [2.05, 4.69) is 22.5 Å². The molecule has 5 rings (SSSR count). The molecular weight excluding hydrogens is 402 g/mol. The van der Waals surface area contributed by atoms with E-state index in [0.29, 0.717) is 17.9 Å². The van der Waals surface area contributed by atoms with Crippen LogP contribution in [-0.2, 0) is 13.0 Å². The number of carbonyl (C=O) groups is 1. The van der Waals surface area contributed by atoms with Gasteiger partial charge in [0, 0.05) is 23.6 Å². The Bertz CT molecular complexity index is 1430. The van der Waals surface area contributed by atoms with E-state index in [9.17, 15) is 9.90 Å². The zero-order valence-electron chi connectivity index (χ0n) is 17.8. The first-order valence-corrected chi connectivity index (χ1v) is 10.8. The van der Waals surface area contributed by atoms with Gasteiger partial charge in [-0.25, -0.2) is 14.8 Å². The molecule has 0 saturated heterocycles. The van der Waals surface area contributed by atoms with Crippen LogP contribution in [0.2, 0.25) is 0 Å². The molecule has 5 aromatic rings. The summed E-state index contributed by atoms with van der Waals surface area (Å²) in [6, 6.07) is 18.8. The Balaban J connectivity index is 1.53. The van der Waals surface area contributed by atoms with E-state index in [0.717, 1.165) is 52.8 Å². The van der Waals surface area contributed by atoms with Gasteiger partial charge >= 0.3 is 5.97 Å². The van der Waals surface area contributed by atoms with Gasteiger partial charge in [0.25, 0.3) is 0 Å². The van der Waals surface area contributed by atoms with Gasteiger partial charge in [0.2, 0.25) is 0 Å². The number of aryl methyl sites for hydroxylation is 1. The summed E-state index contributed by atoms with van der Waals surface area (Å²) in [5, 5.41) is 10.4. The topological polar surface area (TPSA) is 81.2 Å². The van der Waals surface area contributed by atoms with Crippen molar-refractivity contribution in [2.45, 2.75) is 32.7 Å². The van der Waals surface area contributed by atoms with Crippen molar-refractivity contribution in [2.24, 2.45) is 0 Å². The highest BCUT2D eigenvalue weighted by Gasteiger charge is 2.16. The minimum Gasteiger partial charge on any atom is -0.478 e. The van der Waals surface area contributed by atoms with Gasteiger partial charge in [-0.05, 0) is 48.4 Å². The number of fused-ring (bicyclic) bond motifs is 2. The van der Waals surface area contributed by atoms with Crippen molar-refractivity contribution in [3.8, 4) is 11.3 Å². The Hall–Kier alpha value is -3.93. The summed E-state index contributed by atoms with van der Waals surface area (Å²) in [7, 11) is 0. The lowest BCUT2D eigenvalue weighted by Crippen LogP contribution is -2.06. The van der Waals surface area contributed by atoms with Crippen molar-refractivity contribution in [1.82, 2.24) is 14.5 Å². The molecule has 6 nitrogen and oxygen atoms in total. The minimum atomic E-state index is -0.971. The first kappa shape index (κ1) is 20.0. The second kappa shape index (κ2) is 8.30. The summed E-state index contributed by atoms with van der Waals surface area (Å²) in [5.74, 6) is 0.623. The van der Waals surface area contributed by atoms with Crippen molar-refractivity contribution in [3.63, 3.8) is 0 Å². The molecule has 6 heteroatoms. The second-order valence-corrected chi connectivity index (χ2v) is 7.90. The number of hydrogen-bond donors (Lipinski definition) is 1. The van der Waals surface area contributed by atoms with Crippen LogP contribution in [0, 0.1) is 0 Å². The summed E-state index contributed by atoms with van der Waals surface area (Å²) in [6.45, 7) is 2.84. The molecule has 0 spiro atoms. The number of carboxylic acids is 1. The average Bonchev–Trinajstić information content (AvgIpc) is 3.39. The maximum absolute atomic E-state index is 11.6. The molecule has 0 aliphatic rings. The Morgan fingerprint density at radius 3 is 2.81 bits per heavy atom. The number of imidazole rings is 1. The van der Waals surface area contributed by atoms with Crippen LogP contribution in [0.25, 0.3) is 33.5 Å². The van der Waals surface area contributed by atoms with Gasteiger partial charge in [0.15, 0.2) is 5.65 Å². The third-order valence-electron chi connectivity index (χ3n) is 5.68. The highest BCUT2D eigenvalue weighted by molar-refractivity contribution is 5.96. The number of aromatic carboxylic acids is 1. The standard InChI is InChI=1S/C26H23N3O3/c1-2-3-10-24-28-21-9-6-13-27-25(21)29(24)16-17-11-12-22-18(14-17)15-23(32-22)19-7-4-5-8-20(19)26(30)31/h4-9,11-15H,2-3,10,16H2,1H3,(H,30,31). The van der Waals surface area contributed by atoms with Crippen LogP contribution in [0.1, 0.15) is 41.5 Å². The SMILES string of the molecule is CCCCc1nc2cccnc2n1Cc1ccc2oc(-c3ccccc3C(=O)O)cc2c1. The summed E-state index contributed by atoms with van der Waals surface area (Å²) in [5.41, 5.74) is 4.44. The predicted octanol–water partition coefficient (Wildman–Crippen LogP) is 5.93. The lowest BCUT2D eigenvalue weighted by molar-refractivity contribution is 0.0697. The Morgan fingerprint density at radius 1 is 1.09 bits per heavy atom. The first-order valence-electron chi connectivity index (χ1n) is 10.8. The third kappa shape index (κ3) is 3.64. The van der Waals surface area contributed by atoms with Crippen LogP contribution in [0.4, 0.5) is 0 Å². The summed E-state index contributed by atoms with van der Waals surface area (Å²) in [4.78, 5) is 21.0. The van der Waals surface area contributed by atoms with E-state index in [-0.39, 0.29) is 5.56 Å². The summed E-state index contributed by atoms with van der Waals surface area (Å²) < 4.78 is 8.17. The quantitative estimate of drug-likeness (QED) is 0.349. The molecule has 0 amide bonds. The molecule has 160 valence electrons. The smallest absolute Gasteiger partial charge is 0.336 e. The van der Waals surface area contributed by atoms with Gasteiger partial charge < -0.3 is 14.1 Å². The highest BCUT2D eigenvalue weighted by atomic mass is 16.4. The molecule has 0 unspecified atom stereocenters. The molecule has 0 aliphatic carbocycles. The lowest BCUT2D eigenvalue weighted by atomic mass is 10.0. The number of nitrogens with zero attached hydrogens (tertiary/aromatic N) is 3. The van der Waals surface area contributed by atoms with Crippen molar-refractivity contribution in [1.29, 1.82) is 0 Å². The fourth-order valence-corrected chi connectivity index (χ4v) is 4.09. The molecule has 0 saturated carbocycles. The Labute approximate surface area is 185 Å². The van der Waals surface area contributed by atoms with Crippen molar-refractivity contribution < 1.29 is 14.3 Å². The Morgan fingerprint density at radius 2 is 1.97 bits per heavy atom. The third-order valence-corrected chi connectivity index (χ3v) is 5.68. The molecule has 0 aliphatic heterocycles. The van der Waals surface area contributed by atoms with Crippen LogP contribution in [-0.4, -0.2) is 25.6 Å². The second-order valence-electron chi connectivity index (χ2n) is 7.90. The number of furan rings is 1. The molecule has 0 fully saturated rings. The number of unbranched alkanes of at least 4 members (excludes halogenated alkanes) is 1. The molecule has 3 heterocycles. The van der Waals surface area contributed by atoms with E-state index < -0.39 is 5.97 Å². The number of rotatable bonds is 7. The molecule has 0 bridgehead atoms. The van der Waals surface area contributed by atoms with Gasteiger partial charge in [-0.3, -0.25) is 0 Å². The van der Waals surface area contributed by atoms with Crippen molar-refractivity contribution in [2.75, 3.05) is 0 Å². The molecule has 2 aromatic carbocycles. The van der Waals surface area contributed by atoms with Gasteiger partial charge in [0.1, 0.15) is 22.7 Å². The van der Waals surface area contributed by atoms with Crippen LogP contribution < -0.4 is 0 Å². The predicted molar refractivity (Wildman–Crippen MR) is 124 cm³/mol. The molecule has 0 radical (unpaired) electrons. The zero-order chi connectivity index (χ0) is 22.1. The van der Waals surface area contributed by atoms with Gasteiger partial charge in [-0.15, -0.1) is 0 Å². The number of benzene rings is 2. The van der Waals surface area contributed by atoms with Crippen LogP contribution >= 0.6 is 0 Å². The largest absolute Gasteiger partial charge is 0.478 e. The normalized spacial score (nSPS) is 11.4. The molecular formula is C26H23N3O3. The van der Waals surface area contributed by atoms with Crippen LogP contribution in [0.5, 0.6) is 0 Å². The molecule has 1 N–H and O–H groups in total. The fraction of sp³-hybridized carbons (Fsp3) is 0.192. The minimum absolute atomic E-state index is 0.225. The monoisotopic (exact) mass is 425 g/mol. The number of hydrogen-bond acceptors (Lipinski definition) is 4. The number of pyridine rings is 1. The maximum Gasteiger partial charge on any atom is 0.336 e. The van der Waals surface area contributed by atoms with E-state index >= 15 is 0 Å². The van der Waals surface area contributed by atoms with Crippen molar-refractivity contribution >= 4 is 28.1 Å². The van der Waals surface area contributed by atoms with E-state index in [1.165, 1.54) is 0 Å².